The number of rotatable bonds is 2. The number of aliphatic imine (C=N–C) groups is 1. The van der Waals surface area contributed by atoms with Gasteiger partial charge in [-0.05, 0) is 47.7 Å². The SMILES string of the molecule is Clc1ccc([C@H]2NC=CC=N[C@H]2c2ccc(Cl)cc2)cc1. The Morgan fingerprint density at radius 1 is 0.810 bits per heavy atom. The van der Waals surface area contributed by atoms with Gasteiger partial charge in [0.05, 0.1) is 12.1 Å². The molecule has 1 heterocycles. The van der Waals surface area contributed by atoms with Crippen LogP contribution in [0.15, 0.2) is 65.8 Å². The van der Waals surface area contributed by atoms with Gasteiger partial charge in [0.15, 0.2) is 0 Å². The van der Waals surface area contributed by atoms with Crippen LogP contribution in [0.3, 0.4) is 0 Å². The Bertz CT molecular complexity index is 660. The summed E-state index contributed by atoms with van der Waals surface area (Å²) in [6.45, 7) is 0. The van der Waals surface area contributed by atoms with Crippen LogP contribution in [0.2, 0.25) is 10.0 Å². The molecule has 0 aromatic heterocycles. The molecule has 0 unspecified atom stereocenters. The summed E-state index contributed by atoms with van der Waals surface area (Å²) in [6.07, 6.45) is 5.64. The van der Waals surface area contributed by atoms with E-state index >= 15 is 0 Å². The van der Waals surface area contributed by atoms with Crippen LogP contribution in [0.1, 0.15) is 23.2 Å². The van der Waals surface area contributed by atoms with Gasteiger partial charge in [0.1, 0.15) is 0 Å². The molecule has 2 aromatic rings. The van der Waals surface area contributed by atoms with Crippen LogP contribution in [0.4, 0.5) is 0 Å². The number of halogens is 2. The van der Waals surface area contributed by atoms with Crippen LogP contribution in [-0.2, 0) is 0 Å². The van der Waals surface area contributed by atoms with Gasteiger partial charge < -0.3 is 5.32 Å². The normalized spacial score (nSPS) is 20.9. The Hall–Kier alpha value is -1.77. The second kappa shape index (κ2) is 6.33. The van der Waals surface area contributed by atoms with Gasteiger partial charge in [0.2, 0.25) is 0 Å². The molecule has 1 aliphatic heterocycles. The van der Waals surface area contributed by atoms with Crippen LogP contribution >= 0.6 is 23.2 Å². The Morgan fingerprint density at radius 3 is 2.00 bits per heavy atom. The largest absolute Gasteiger partial charge is 0.382 e. The Morgan fingerprint density at radius 2 is 1.38 bits per heavy atom. The topological polar surface area (TPSA) is 24.4 Å². The van der Waals surface area contributed by atoms with Gasteiger partial charge in [0.25, 0.3) is 0 Å². The summed E-state index contributed by atoms with van der Waals surface area (Å²) in [7, 11) is 0. The monoisotopic (exact) mass is 316 g/mol. The number of hydrogen-bond donors (Lipinski definition) is 1. The quantitative estimate of drug-likeness (QED) is 0.831. The molecule has 2 aromatic carbocycles. The number of benzene rings is 2. The lowest BCUT2D eigenvalue weighted by atomic mass is 9.94. The highest BCUT2D eigenvalue weighted by molar-refractivity contribution is 6.30. The van der Waals surface area contributed by atoms with Crippen LogP contribution in [-0.4, -0.2) is 6.21 Å². The zero-order valence-electron chi connectivity index (χ0n) is 11.2. The second-order valence-corrected chi connectivity index (χ2v) is 5.72. The molecule has 0 saturated carbocycles. The van der Waals surface area contributed by atoms with Crippen molar-refractivity contribution in [1.82, 2.24) is 5.32 Å². The molecule has 21 heavy (non-hydrogen) atoms. The summed E-state index contributed by atoms with van der Waals surface area (Å²) < 4.78 is 0. The molecule has 4 heteroatoms. The van der Waals surface area contributed by atoms with Gasteiger partial charge in [0, 0.05) is 16.3 Å². The number of nitrogens with one attached hydrogen (secondary N) is 1. The van der Waals surface area contributed by atoms with Crippen molar-refractivity contribution in [3.63, 3.8) is 0 Å². The van der Waals surface area contributed by atoms with Gasteiger partial charge in [-0.25, -0.2) is 0 Å². The van der Waals surface area contributed by atoms with E-state index in [2.05, 4.69) is 10.3 Å². The van der Waals surface area contributed by atoms with Crippen molar-refractivity contribution in [2.75, 3.05) is 0 Å². The highest BCUT2D eigenvalue weighted by Gasteiger charge is 2.23. The molecule has 106 valence electrons. The van der Waals surface area contributed by atoms with E-state index in [0.717, 1.165) is 21.2 Å². The number of hydrogen-bond acceptors (Lipinski definition) is 2. The number of allylic oxidation sites excluding steroid dienone is 1. The first-order valence-electron chi connectivity index (χ1n) is 6.69. The van der Waals surface area contributed by atoms with Gasteiger partial charge in [-0.2, -0.15) is 0 Å². The molecule has 0 saturated heterocycles. The second-order valence-electron chi connectivity index (χ2n) is 4.85. The molecular formula is C17H14Cl2N2. The summed E-state index contributed by atoms with van der Waals surface area (Å²) in [5.41, 5.74) is 2.26. The molecule has 0 aliphatic carbocycles. The zero-order chi connectivity index (χ0) is 14.7. The highest BCUT2D eigenvalue weighted by Crippen LogP contribution is 2.34. The van der Waals surface area contributed by atoms with Crippen molar-refractivity contribution in [1.29, 1.82) is 0 Å². The number of nitrogens with zero attached hydrogens (tertiary/aromatic N) is 1. The van der Waals surface area contributed by atoms with Crippen molar-refractivity contribution in [3.8, 4) is 0 Å². The first-order chi connectivity index (χ1) is 10.2. The summed E-state index contributed by atoms with van der Waals surface area (Å²) in [6, 6.07) is 15.7. The van der Waals surface area contributed by atoms with Gasteiger partial charge in [-0.15, -0.1) is 0 Å². The molecule has 0 amide bonds. The summed E-state index contributed by atoms with van der Waals surface area (Å²) in [5.74, 6) is 0. The average Bonchev–Trinajstić information content (AvgIpc) is 2.75. The summed E-state index contributed by atoms with van der Waals surface area (Å²) in [4.78, 5) is 4.65. The smallest absolute Gasteiger partial charge is 0.0991 e. The van der Waals surface area contributed by atoms with E-state index in [1.54, 1.807) is 0 Å². The Labute approximate surface area is 134 Å². The third kappa shape index (κ3) is 3.29. The maximum Gasteiger partial charge on any atom is 0.0991 e. The molecule has 3 rings (SSSR count). The van der Waals surface area contributed by atoms with Crippen molar-refractivity contribution in [3.05, 3.63) is 82.0 Å². The highest BCUT2D eigenvalue weighted by atomic mass is 35.5. The van der Waals surface area contributed by atoms with E-state index in [1.807, 2.05) is 67.0 Å². The average molecular weight is 317 g/mol. The van der Waals surface area contributed by atoms with E-state index in [0.29, 0.717) is 0 Å². The van der Waals surface area contributed by atoms with Gasteiger partial charge in [-0.1, -0.05) is 47.5 Å². The molecule has 1 aliphatic rings. The van der Waals surface area contributed by atoms with E-state index < -0.39 is 0 Å². The van der Waals surface area contributed by atoms with E-state index in [-0.39, 0.29) is 12.1 Å². The van der Waals surface area contributed by atoms with Gasteiger partial charge >= 0.3 is 0 Å². The van der Waals surface area contributed by atoms with Crippen molar-refractivity contribution < 1.29 is 0 Å². The Kier molecular flexibility index (Phi) is 4.28. The van der Waals surface area contributed by atoms with Crippen LogP contribution in [0, 0.1) is 0 Å². The van der Waals surface area contributed by atoms with Crippen LogP contribution < -0.4 is 5.32 Å². The molecule has 0 spiro atoms. The van der Waals surface area contributed by atoms with Crippen molar-refractivity contribution in [2.24, 2.45) is 4.99 Å². The lowest BCUT2D eigenvalue weighted by Crippen LogP contribution is -2.21. The standard InChI is InChI=1S/C17H14Cl2N2/c18-14-6-2-12(3-7-14)16-17(21-11-1-10-20-16)13-4-8-15(19)9-5-13/h1-11,16-17,20H/t16-,17+/m1/s1. The van der Waals surface area contributed by atoms with Crippen molar-refractivity contribution >= 4 is 29.4 Å². The van der Waals surface area contributed by atoms with E-state index in [9.17, 15) is 0 Å². The maximum atomic E-state index is 5.97. The predicted octanol–water partition coefficient (Wildman–Crippen LogP) is 4.96. The third-order valence-corrected chi connectivity index (χ3v) is 3.97. The molecule has 0 radical (unpaired) electrons. The van der Waals surface area contributed by atoms with E-state index in [1.165, 1.54) is 0 Å². The molecule has 2 nitrogen and oxygen atoms in total. The molecule has 0 bridgehead atoms. The first kappa shape index (κ1) is 14.2. The lowest BCUT2D eigenvalue weighted by Gasteiger charge is -2.24. The fraction of sp³-hybridized carbons (Fsp3) is 0.118. The lowest BCUT2D eigenvalue weighted by molar-refractivity contribution is 0.516. The minimum atomic E-state index is -0.0153. The maximum absolute atomic E-state index is 5.97. The molecule has 0 fully saturated rings. The summed E-state index contributed by atoms with van der Waals surface area (Å²) >= 11 is 11.9. The Balaban J connectivity index is 1.98. The fourth-order valence-electron chi connectivity index (χ4n) is 2.41. The molecule has 1 N–H and O–H groups in total. The fourth-order valence-corrected chi connectivity index (χ4v) is 2.66. The predicted molar refractivity (Wildman–Crippen MR) is 89.2 cm³/mol. The zero-order valence-corrected chi connectivity index (χ0v) is 12.7. The third-order valence-electron chi connectivity index (χ3n) is 3.46. The molecular weight excluding hydrogens is 303 g/mol. The minimum Gasteiger partial charge on any atom is -0.382 e. The first-order valence-corrected chi connectivity index (χ1v) is 7.45. The minimum absolute atomic E-state index is 0.0153. The van der Waals surface area contributed by atoms with Crippen LogP contribution in [0.5, 0.6) is 0 Å². The van der Waals surface area contributed by atoms with E-state index in [4.69, 9.17) is 23.2 Å². The van der Waals surface area contributed by atoms with Crippen LogP contribution in [0.25, 0.3) is 0 Å². The summed E-state index contributed by atoms with van der Waals surface area (Å²) in [5, 5.41) is 4.86. The van der Waals surface area contributed by atoms with Gasteiger partial charge in [-0.3, -0.25) is 4.99 Å². The molecule has 2 atom stereocenters. The van der Waals surface area contributed by atoms with Crippen molar-refractivity contribution in [2.45, 2.75) is 12.1 Å².